The van der Waals surface area contributed by atoms with Gasteiger partial charge in [0, 0.05) is 0 Å². The van der Waals surface area contributed by atoms with E-state index in [1.54, 1.807) is 6.92 Å². The fourth-order valence-corrected chi connectivity index (χ4v) is 0.186. The predicted octanol–water partition coefficient (Wildman–Crippen LogP) is -0.592. The third-order valence-corrected chi connectivity index (χ3v) is 0.573. The van der Waals surface area contributed by atoms with Gasteiger partial charge in [-0.2, -0.15) is 0 Å². The summed E-state index contributed by atoms with van der Waals surface area (Å²) in [5, 5.41) is 5.40. The van der Waals surface area contributed by atoms with E-state index in [1.807, 2.05) is 0 Å². The maximum Gasteiger partial charge on any atom is 0.322 e. The van der Waals surface area contributed by atoms with Gasteiger partial charge in [0.2, 0.25) is 6.08 Å². The number of esters is 1. The van der Waals surface area contributed by atoms with Crippen LogP contribution in [-0.4, -0.2) is 25.2 Å². The van der Waals surface area contributed by atoms with Crippen molar-refractivity contribution >= 4 is 12.0 Å². The van der Waals surface area contributed by atoms with Crippen LogP contribution in [0.25, 0.3) is 0 Å². The molecule has 0 saturated heterocycles. The predicted molar refractivity (Wildman–Crippen MR) is 34.1 cm³/mol. The zero-order chi connectivity index (χ0) is 8.57. The minimum absolute atomic E-state index is 0.375. The second kappa shape index (κ2) is 7.81. The first kappa shape index (κ1) is 11.6. The van der Waals surface area contributed by atoms with E-state index in [4.69, 9.17) is 15.9 Å². The fourth-order valence-electron chi connectivity index (χ4n) is 0.186. The number of ether oxygens (including phenoxy) is 1. The van der Waals surface area contributed by atoms with Gasteiger partial charge in [0.15, 0.2) is 0 Å². The molecule has 0 aliphatic rings. The first-order valence-electron chi connectivity index (χ1n) is 2.47. The average molecular weight is 146 g/mol. The van der Waals surface area contributed by atoms with Crippen LogP contribution in [0, 0.1) is 5.41 Å². The van der Waals surface area contributed by atoms with Crippen molar-refractivity contribution in [3.63, 3.8) is 0 Å². The standard InChI is InChI=1S/C4H9NO2.CHNO/c1-3(5)4(6)7-2;2-1-3/h3H,5H2,1-2H3;2H/t3-;/m0./s1. The first-order valence-corrected chi connectivity index (χ1v) is 2.47. The van der Waals surface area contributed by atoms with E-state index in [0.29, 0.717) is 0 Å². The molecule has 10 heavy (non-hydrogen) atoms. The third-order valence-electron chi connectivity index (χ3n) is 0.573. The van der Waals surface area contributed by atoms with Crippen LogP contribution in [0.2, 0.25) is 0 Å². The molecule has 0 amide bonds. The molecule has 0 heterocycles. The Morgan fingerprint density at radius 1 is 1.80 bits per heavy atom. The van der Waals surface area contributed by atoms with Gasteiger partial charge in [0.25, 0.3) is 0 Å². The molecule has 0 aliphatic heterocycles. The molecular formula is C5H10N2O3. The Morgan fingerprint density at radius 2 is 2.10 bits per heavy atom. The minimum atomic E-state index is -0.495. The van der Waals surface area contributed by atoms with Crippen LogP contribution < -0.4 is 5.73 Å². The number of hydrogen-bond donors (Lipinski definition) is 2. The maximum absolute atomic E-state index is 10.2. The molecule has 0 radical (unpaired) electrons. The van der Waals surface area contributed by atoms with Gasteiger partial charge in [0.1, 0.15) is 6.04 Å². The van der Waals surface area contributed by atoms with Crippen molar-refractivity contribution < 1.29 is 14.3 Å². The maximum atomic E-state index is 10.2. The van der Waals surface area contributed by atoms with Crippen LogP contribution >= 0.6 is 0 Å². The zero-order valence-electron chi connectivity index (χ0n) is 5.88. The summed E-state index contributed by atoms with van der Waals surface area (Å²) in [7, 11) is 1.31. The highest BCUT2D eigenvalue weighted by molar-refractivity contribution is 5.74. The summed E-state index contributed by atoms with van der Waals surface area (Å²) in [4.78, 5) is 18.5. The van der Waals surface area contributed by atoms with Crippen molar-refractivity contribution in [2.75, 3.05) is 7.11 Å². The molecular weight excluding hydrogens is 136 g/mol. The summed E-state index contributed by atoms with van der Waals surface area (Å²) in [5.41, 5.74) is 5.07. The first-order chi connectivity index (χ1) is 4.59. The van der Waals surface area contributed by atoms with Crippen molar-refractivity contribution in [3.05, 3.63) is 0 Å². The van der Waals surface area contributed by atoms with Crippen molar-refractivity contribution in [3.8, 4) is 0 Å². The number of methoxy groups -OCH3 is 1. The monoisotopic (exact) mass is 146 g/mol. The van der Waals surface area contributed by atoms with E-state index in [9.17, 15) is 4.79 Å². The normalized spacial score (nSPS) is 9.90. The lowest BCUT2D eigenvalue weighted by Gasteiger charge is -1.98. The molecule has 1 atom stereocenters. The zero-order valence-corrected chi connectivity index (χ0v) is 5.88. The Balaban J connectivity index is 0. The molecule has 0 saturated carbocycles. The van der Waals surface area contributed by atoms with Crippen LogP contribution in [0.1, 0.15) is 6.92 Å². The van der Waals surface area contributed by atoms with Crippen LogP contribution in [0.4, 0.5) is 0 Å². The Bertz CT molecular complexity index is 127. The third kappa shape index (κ3) is 9.94. The summed E-state index contributed by atoms with van der Waals surface area (Å²) in [6.07, 6.45) is 0.750. The van der Waals surface area contributed by atoms with E-state index < -0.39 is 6.04 Å². The lowest BCUT2D eigenvalue weighted by Crippen LogP contribution is -2.27. The summed E-state index contributed by atoms with van der Waals surface area (Å²) in [5.74, 6) is -0.375. The summed E-state index contributed by atoms with van der Waals surface area (Å²) in [6, 6.07) is -0.495. The van der Waals surface area contributed by atoms with E-state index in [1.165, 1.54) is 7.11 Å². The SMILES string of the molecule is COC(=O)[C@H](C)N.N=C=O. The largest absolute Gasteiger partial charge is 0.468 e. The van der Waals surface area contributed by atoms with Gasteiger partial charge in [-0.25, -0.2) is 10.2 Å². The number of carbonyl (C=O) groups is 1. The van der Waals surface area contributed by atoms with Gasteiger partial charge in [-0.05, 0) is 6.92 Å². The molecule has 5 nitrogen and oxygen atoms in total. The molecule has 0 aromatic rings. The topological polar surface area (TPSA) is 93.2 Å². The van der Waals surface area contributed by atoms with Gasteiger partial charge in [-0.1, -0.05) is 0 Å². The Morgan fingerprint density at radius 3 is 2.10 bits per heavy atom. The number of nitrogens with two attached hydrogens (primary N) is 1. The van der Waals surface area contributed by atoms with E-state index in [0.717, 1.165) is 6.08 Å². The molecule has 3 N–H and O–H groups in total. The number of carbonyl (C=O) groups excluding carboxylic acids is 2. The smallest absolute Gasteiger partial charge is 0.322 e. The number of nitrogens with one attached hydrogen (secondary N) is 1. The quantitative estimate of drug-likeness (QED) is 0.293. The highest BCUT2D eigenvalue weighted by Gasteiger charge is 2.03. The van der Waals surface area contributed by atoms with E-state index >= 15 is 0 Å². The molecule has 0 spiro atoms. The average Bonchev–Trinajstić information content (AvgIpc) is 1.88. The second-order valence-corrected chi connectivity index (χ2v) is 1.41. The lowest BCUT2D eigenvalue weighted by atomic mass is 10.4. The minimum Gasteiger partial charge on any atom is -0.468 e. The van der Waals surface area contributed by atoms with Crippen LogP contribution in [0.5, 0.6) is 0 Å². The molecule has 0 unspecified atom stereocenters. The molecule has 0 rings (SSSR count). The second-order valence-electron chi connectivity index (χ2n) is 1.41. The summed E-state index contributed by atoms with van der Waals surface area (Å²) in [6.45, 7) is 1.58. The molecule has 0 fully saturated rings. The number of isocyanates is 1. The summed E-state index contributed by atoms with van der Waals surface area (Å²) >= 11 is 0. The Hall–Kier alpha value is -1.19. The van der Waals surface area contributed by atoms with Gasteiger partial charge in [-0.3, -0.25) is 4.79 Å². The summed E-state index contributed by atoms with van der Waals surface area (Å²) < 4.78 is 4.25. The van der Waals surface area contributed by atoms with Gasteiger partial charge in [0.05, 0.1) is 7.11 Å². The van der Waals surface area contributed by atoms with Crippen LogP contribution in [0.3, 0.4) is 0 Å². The van der Waals surface area contributed by atoms with E-state index in [2.05, 4.69) is 4.74 Å². The molecule has 0 aromatic carbocycles. The van der Waals surface area contributed by atoms with Crippen LogP contribution in [-0.2, 0) is 14.3 Å². The van der Waals surface area contributed by atoms with Gasteiger partial charge < -0.3 is 10.5 Å². The fraction of sp³-hybridized carbons (Fsp3) is 0.600. The lowest BCUT2D eigenvalue weighted by molar-refractivity contribution is -0.141. The van der Waals surface area contributed by atoms with E-state index in [-0.39, 0.29) is 5.97 Å². The van der Waals surface area contributed by atoms with Gasteiger partial charge >= 0.3 is 5.97 Å². The highest BCUT2D eigenvalue weighted by Crippen LogP contribution is 1.76. The molecule has 0 aromatic heterocycles. The van der Waals surface area contributed by atoms with Crippen molar-refractivity contribution in [2.24, 2.45) is 5.73 Å². The molecule has 5 heteroatoms. The number of rotatable bonds is 1. The molecule has 58 valence electrons. The van der Waals surface area contributed by atoms with Crippen LogP contribution in [0.15, 0.2) is 0 Å². The molecule has 0 aliphatic carbocycles. The van der Waals surface area contributed by atoms with Crippen molar-refractivity contribution in [1.82, 2.24) is 0 Å². The number of hydrogen-bond acceptors (Lipinski definition) is 5. The Kier molecular flexibility index (Phi) is 9.05. The Labute approximate surface area is 58.7 Å². The van der Waals surface area contributed by atoms with Crippen molar-refractivity contribution in [2.45, 2.75) is 13.0 Å². The van der Waals surface area contributed by atoms with Crippen molar-refractivity contribution in [1.29, 1.82) is 5.41 Å². The molecule has 0 bridgehead atoms. The van der Waals surface area contributed by atoms with Gasteiger partial charge in [-0.15, -0.1) is 0 Å². The highest BCUT2D eigenvalue weighted by atomic mass is 16.5.